The molecule has 7 heteroatoms. The molecule has 2 amide bonds. The van der Waals surface area contributed by atoms with Crippen molar-refractivity contribution in [1.82, 2.24) is 10.6 Å². The summed E-state index contributed by atoms with van der Waals surface area (Å²) < 4.78 is 10.7. The van der Waals surface area contributed by atoms with Gasteiger partial charge in [-0.15, -0.1) is 0 Å². The average molecular weight is 377 g/mol. The van der Waals surface area contributed by atoms with E-state index in [9.17, 15) is 9.59 Å². The average Bonchev–Trinajstić information content (AvgIpc) is 2.67. The quantitative estimate of drug-likeness (QED) is 0.728. The Balaban J connectivity index is 1.90. The lowest BCUT2D eigenvalue weighted by atomic mass is 10.1. The zero-order chi connectivity index (χ0) is 18.9. The molecule has 0 saturated carbocycles. The van der Waals surface area contributed by atoms with Gasteiger partial charge in [-0.3, -0.25) is 9.59 Å². The van der Waals surface area contributed by atoms with Crippen molar-refractivity contribution in [3.8, 4) is 5.75 Å². The van der Waals surface area contributed by atoms with Crippen molar-refractivity contribution in [2.45, 2.75) is 12.6 Å². The molecule has 0 radical (unpaired) electrons. The molecule has 1 unspecified atom stereocenters. The van der Waals surface area contributed by atoms with Crippen molar-refractivity contribution in [3.05, 3.63) is 64.7 Å². The number of carbonyl (C=O) groups excluding carboxylic acids is 2. The Morgan fingerprint density at radius 3 is 2.35 bits per heavy atom. The number of methoxy groups -OCH3 is 2. The number of hydrogen-bond acceptors (Lipinski definition) is 4. The van der Waals surface area contributed by atoms with Gasteiger partial charge in [0.05, 0.1) is 7.11 Å². The van der Waals surface area contributed by atoms with Crippen LogP contribution < -0.4 is 15.4 Å². The molecule has 0 spiro atoms. The Kier molecular flexibility index (Phi) is 7.44. The van der Waals surface area contributed by atoms with Crippen LogP contribution in [0.25, 0.3) is 0 Å². The van der Waals surface area contributed by atoms with E-state index in [1.54, 1.807) is 31.4 Å². The van der Waals surface area contributed by atoms with E-state index in [1.165, 1.54) is 7.11 Å². The number of carbonyl (C=O) groups is 2. The smallest absolute Gasteiger partial charge is 0.309 e. The Hall–Kier alpha value is -2.57. The van der Waals surface area contributed by atoms with Crippen molar-refractivity contribution >= 4 is 23.4 Å². The highest BCUT2D eigenvalue weighted by molar-refractivity contribution is 6.35. The maximum atomic E-state index is 12.0. The first-order valence-electron chi connectivity index (χ1n) is 8.02. The highest BCUT2D eigenvalue weighted by atomic mass is 35.5. The number of halogens is 1. The second-order valence-corrected chi connectivity index (χ2v) is 5.86. The molecular weight excluding hydrogens is 356 g/mol. The Morgan fingerprint density at radius 1 is 1.00 bits per heavy atom. The van der Waals surface area contributed by atoms with Gasteiger partial charge in [0, 0.05) is 30.8 Å². The third-order valence-electron chi connectivity index (χ3n) is 3.82. The molecule has 0 saturated heterocycles. The molecule has 2 aromatic carbocycles. The summed E-state index contributed by atoms with van der Waals surface area (Å²) in [5.41, 5.74) is 1.52. The van der Waals surface area contributed by atoms with Gasteiger partial charge in [0.2, 0.25) is 0 Å². The SMILES string of the molecule is COc1ccccc1C(CNC(=O)C(=O)NCc1ccccc1Cl)OC. The summed E-state index contributed by atoms with van der Waals surface area (Å²) in [7, 11) is 3.09. The second-order valence-electron chi connectivity index (χ2n) is 5.45. The summed E-state index contributed by atoms with van der Waals surface area (Å²) in [6.07, 6.45) is -0.438. The molecule has 0 aromatic heterocycles. The largest absolute Gasteiger partial charge is 0.496 e. The molecule has 0 bridgehead atoms. The summed E-state index contributed by atoms with van der Waals surface area (Å²) in [4.78, 5) is 24.0. The summed E-state index contributed by atoms with van der Waals surface area (Å²) in [5, 5.41) is 5.64. The topological polar surface area (TPSA) is 76.7 Å². The number of hydrogen-bond donors (Lipinski definition) is 2. The molecule has 0 aliphatic carbocycles. The molecule has 26 heavy (non-hydrogen) atoms. The Bertz CT molecular complexity index is 767. The van der Waals surface area contributed by atoms with E-state index in [2.05, 4.69) is 10.6 Å². The maximum absolute atomic E-state index is 12.0. The highest BCUT2D eigenvalue weighted by Gasteiger charge is 2.19. The van der Waals surface area contributed by atoms with E-state index < -0.39 is 17.9 Å². The molecule has 2 aromatic rings. The molecule has 0 aliphatic rings. The van der Waals surface area contributed by atoms with Gasteiger partial charge in [0.25, 0.3) is 0 Å². The van der Waals surface area contributed by atoms with Gasteiger partial charge in [-0.2, -0.15) is 0 Å². The Labute approximate surface area is 157 Å². The van der Waals surface area contributed by atoms with Crippen molar-refractivity contribution in [3.63, 3.8) is 0 Å². The Morgan fingerprint density at radius 2 is 1.65 bits per heavy atom. The minimum absolute atomic E-state index is 0.134. The number of benzene rings is 2. The number of rotatable bonds is 7. The third kappa shape index (κ3) is 5.21. The molecule has 2 N–H and O–H groups in total. The second kappa shape index (κ2) is 9.79. The first kappa shape index (κ1) is 19.8. The maximum Gasteiger partial charge on any atom is 0.309 e. The number of nitrogens with one attached hydrogen (secondary N) is 2. The van der Waals surface area contributed by atoms with Crippen molar-refractivity contribution in [2.75, 3.05) is 20.8 Å². The van der Waals surface area contributed by atoms with Crippen LogP contribution in [0.3, 0.4) is 0 Å². The van der Waals surface area contributed by atoms with Crippen LogP contribution in [0.1, 0.15) is 17.2 Å². The van der Waals surface area contributed by atoms with E-state index in [1.807, 2.05) is 24.3 Å². The van der Waals surface area contributed by atoms with Gasteiger partial charge in [-0.1, -0.05) is 48.0 Å². The predicted molar refractivity (Wildman–Crippen MR) is 99.1 cm³/mol. The molecule has 6 nitrogen and oxygen atoms in total. The van der Waals surface area contributed by atoms with E-state index in [4.69, 9.17) is 21.1 Å². The fourth-order valence-electron chi connectivity index (χ4n) is 2.42. The minimum atomic E-state index is -0.742. The zero-order valence-electron chi connectivity index (χ0n) is 14.6. The van der Waals surface area contributed by atoms with Crippen LogP contribution in [0.4, 0.5) is 0 Å². The normalized spacial score (nSPS) is 11.5. The van der Waals surface area contributed by atoms with Gasteiger partial charge in [0.1, 0.15) is 11.9 Å². The lowest BCUT2D eigenvalue weighted by Gasteiger charge is -2.19. The van der Waals surface area contributed by atoms with Crippen LogP contribution >= 0.6 is 11.6 Å². The van der Waals surface area contributed by atoms with Crippen LogP contribution in [-0.4, -0.2) is 32.6 Å². The summed E-state index contributed by atoms with van der Waals surface area (Å²) >= 11 is 6.02. The van der Waals surface area contributed by atoms with Gasteiger partial charge in [0.15, 0.2) is 0 Å². The first-order valence-corrected chi connectivity index (χ1v) is 8.39. The minimum Gasteiger partial charge on any atom is -0.496 e. The number of ether oxygens (including phenoxy) is 2. The van der Waals surface area contributed by atoms with E-state index in [0.29, 0.717) is 10.8 Å². The molecule has 0 heterocycles. The van der Waals surface area contributed by atoms with Crippen molar-refractivity contribution in [2.24, 2.45) is 0 Å². The lowest BCUT2D eigenvalue weighted by Crippen LogP contribution is -2.41. The molecular formula is C19H21ClN2O4. The van der Waals surface area contributed by atoms with Crippen molar-refractivity contribution in [1.29, 1.82) is 0 Å². The summed E-state index contributed by atoms with van der Waals surface area (Å²) in [5.74, 6) is -0.828. The van der Waals surface area contributed by atoms with Crippen LogP contribution in [0.15, 0.2) is 48.5 Å². The molecule has 2 rings (SSSR count). The zero-order valence-corrected chi connectivity index (χ0v) is 15.4. The third-order valence-corrected chi connectivity index (χ3v) is 4.19. The summed E-state index contributed by atoms with van der Waals surface area (Å²) in [6.45, 7) is 0.307. The summed E-state index contributed by atoms with van der Waals surface area (Å²) in [6, 6.07) is 14.4. The van der Waals surface area contributed by atoms with E-state index >= 15 is 0 Å². The van der Waals surface area contributed by atoms with Crippen LogP contribution in [0, 0.1) is 0 Å². The van der Waals surface area contributed by atoms with Crippen LogP contribution in [0.2, 0.25) is 5.02 Å². The molecule has 1 atom stereocenters. The molecule has 0 fully saturated rings. The standard InChI is InChI=1S/C19H21ClN2O4/c1-25-16-10-6-4-8-14(16)17(26-2)12-22-19(24)18(23)21-11-13-7-3-5-9-15(13)20/h3-10,17H,11-12H2,1-2H3,(H,21,23)(H,22,24). The highest BCUT2D eigenvalue weighted by Crippen LogP contribution is 2.26. The molecule has 0 aliphatic heterocycles. The fraction of sp³-hybridized carbons (Fsp3) is 0.263. The van der Waals surface area contributed by atoms with Crippen LogP contribution in [-0.2, 0) is 20.9 Å². The van der Waals surface area contributed by atoms with E-state index in [-0.39, 0.29) is 13.1 Å². The van der Waals surface area contributed by atoms with Crippen molar-refractivity contribution < 1.29 is 19.1 Å². The van der Waals surface area contributed by atoms with Gasteiger partial charge < -0.3 is 20.1 Å². The van der Waals surface area contributed by atoms with Gasteiger partial charge in [-0.05, 0) is 17.7 Å². The lowest BCUT2D eigenvalue weighted by molar-refractivity contribution is -0.139. The van der Waals surface area contributed by atoms with Crippen LogP contribution in [0.5, 0.6) is 5.75 Å². The van der Waals surface area contributed by atoms with Gasteiger partial charge >= 0.3 is 11.8 Å². The fourth-order valence-corrected chi connectivity index (χ4v) is 2.62. The monoisotopic (exact) mass is 376 g/mol. The predicted octanol–water partition coefficient (Wildman–Crippen LogP) is 2.47. The first-order chi connectivity index (χ1) is 12.6. The number of amides is 2. The van der Waals surface area contributed by atoms with E-state index in [0.717, 1.165) is 11.1 Å². The number of para-hydroxylation sites is 1. The molecule has 138 valence electrons. The van der Waals surface area contributed by atoms with Gasteiger partial charge in [-0.25, -0.2) is 0 Å².